The summed E-state index contributed by atoms with van der Waals surface area (Å²) in [6.45, 7) is 5.81. The summed E-state index contributed by atoms with van der Waals surface area (Å²) in [5.41, 5.74) is 3.55. The third kappa shape index (κ3) is 3.54. The zero-order chi connectivity index (χ0) is 20.5. The number of hydrogen-bond acceptors (Lipinski definition) is 4. The van der Waals surface area contributed by atoms with Crippen LogP contribution in [-0.2, 0) is 6.54 Å². The summed E-state index contributed by atoms with van der Waals surface area (Å²) in [7, 11) is 0. The van der Waals surface area contributed by atoms with Crippen molar-refractivity contribution in [2.24, 2.45) is 0 Å². The van der Waals surface area contributed by atoms with E-state index < -0.39 is 0 Å². The van der Waals surface area contributed by atoms with Gasteiger partial charge in [-0.05, 0) is 38.5 Å². The molecule has 29 heavy (non-hydrogen) atoms. The summed E-state index contributed by atoms with van der Waals surface area (Å²) in [6.07, 6.45) is 0. The van der Waals surface area contributed by atoms with Gasteiger partial charge in [0, 0.05) is 16.8 Å². The van der Waals surface area contributed by atoms with Gasteiger partial charge in [0.2, 0.25) is 5.95 Å². The molecule has 2 heterocycles. The van der Waals surface area contributed by atoms with E-state index in [0.29, 0.717) is 23.4 Å². The van der Waals surface area contributed by atoms with E-state index in [0.717, 1.165) is 11.1 Å². The molecule has 0 spiro atoms. The van der Waals surface area contributed by atoms with Crippen molar-refractivity contribution in [3.8, 4) is 0 Å². The monoisotopic (exact) mass is 387 g/mol. The summed E-state index contributed by atoms with van der Waals surface area (Å²) in [4.78, 5) is 36.2. The molecule has 0 radical (unpaired) electrons. The number of nitrogens with one attached hydrogen (secondary N) is 1. The highest BCUT2D eigenvalue weighted by molar-refractivity contribution is 6.05. The Kier molecular flexibility index (Phi) is 4.72. The van der Waals surface area contributed by atoms with Crippen molar-refractivity contribution in [1.82, 2.24) is 19.6 Å². The first-order valence-electron chi connectivity index (χ1n) is 9.32. The minimum absolute atomic E-state index is 0.216. The second-order valence-corrected chi connectivity index (χ2v) is 7.05. The standard InChI is InChI=1S/C22H21N5O2/c1-14-9-11-17(12-10-14)13-26(20(29)18-7-5-4-6-8-18)22-24-21-23-16(3)15(2)19(28)27(21)25-22/h4-12H,13H2,1-3H3,(H,23,24,25). The summed E-state index contributed by atoms with van der Waals surface area (Å²) in [6, 6.07) is 16.9. The van der Waals surface area contributed by atoms with E-state index in [-0.39, 0.29) is 23.2 Å². The fourth-order valence-electron chi connectivity index (χ4n) is 3.07. The molecule has 4 aromatic rings. The number of rotatable bonds is 4. The molecular formula is C22H21N5O2. The van der Waals surface area contributed by atoms with Crippen LogP contribution in [0.2, 0.25) is 0 Å². The average Bonchev–Trinajstić information content (AvgIpc) is 3.15. The molecule has 0 aliphatic rings. The maximum absolute atomic E-state index is 13.3. The predicted octanol–water partition coefficient (Wildman–Crippen LogP) is 3.19. The number of carbonyl (C=O) groups excluding carboxylic acids is 1. The van der Waals surface area contributed by atoms with Gasteiger partial charge in [-0.1, -0.05) is 48.0 Å². The molecule has 0 fully saturated rings. The topological polar surface area (TPSA) is 83.4 Å². The van der Waals surface area contributed by atoms with Crippen LogP contribution in [0, 0.1) is 20.8 Å². The van der Waals surface area contributed by atoms with Gasteiger partial charge in [-0.3, -0.25) is 19.6 Å². The van der Waals surface area contributed by atoms with E-state index in [9.17, 15) is 9.59 Å². The molecule has 0 unspecified atom stereocenters. The Morgan fingerprint density at radius 3 is 2.38 bits per heavy atom. The molecule has 2 aromatic heterocycles. The van der Waals surface area contributed by atoms with Crippen LogP contribution in [0.5, 0.6) is 0 Å². The number of anilines is 1. The molecule has 0 atom stereocenters. The number of carbonyl (C=O) groups is 1. The van der Waals surface area contributed by atoms with E-state index in [1.807, 2.05) is 49.4 Å². The number of aromatic nitrogens is 4. The van der Waals surface area contributed by atoms with Crippen LogP contribution in [0.4, 0.5) is 5.95 Å². The molecular weight excluding hydrogens is 366 g/mol. The van der Waals surface area contributed by atoms with Crippen molar-refractivity contribution in [2.75, 3.05) is 4.90 Å². The van der Waals surface area contributed by atoms with Crippen LogP contribution in [0.15, 0.2) is 59.4 Å². The van der Waals surface area contributed by atoms with Crippen LogP contribution >= 0.6 is 0 Å². The molecule has 4 rings (SSSR count). The second kappa shape index (κ2) is 7.35. The second-order valence-electron chi connectivity index (χ2n) is 7.05. The first kappa shape index (κ1) is 18.6. The Hall–Kier alpha value is -3.74. The lowest BCUT2D eigenvalue weighted by atomic mass is 10.1. The number of fused-ring (bicyclic) bond motifs is 1. The van der Waals surface area contributed by atoms with Crippen molar-refractivity contribution in [1.29, 1.82) is 0 Å². The van der Waals surface area contributed by atoms with Crippen molar-refractivity contribution >= 4 is 17.6 Å². The number of benzene rings is 2. The first-order valence-corrected chi connectivity index (χ1v) is 9.32. The molecule has 1 amide bonds. The maximum Gasteiger partial charge on any atom is 0.277 e. The molecule has 0 bridgehead atoms. The highest BCUT2D eigenvalue weighted by Gasteiger charge is 2.22. The highest BCUT2D eigenvalue weighted by Crippen LogP contribution is 2.18. The Morgan fingerprint density at radius 2 is 1.69 bits per heavy atom. The van der Waals surface area contributed by atoms with Gasteiger partial charge in [0.05, 0.1) is 6.54 Å². The van der Waals surface area contributed by atoms with E-state index in [4.69, 9.17) is 0 Å². The molecule has 0 saturated carbocycles. The first-order chi connectivity index (χ1) is 13.9. The van der Waals surface area contributed by atoms with Crippen LogP contribution in [0.25, 0.3) is 5.78 Å². The van der Waals surface area contributed by atoms with Gasteiger partial charge >= 0.3 is 0 Å². The minimum atomic E-state index is -0.228. The number of H-pyrrole nitrogens is 1. The van der Waals surface area contributed by atoms with Crippen LogP contribution in [0.1, 0.15) is 32.7 Å². The minimum Gasteiger partial charge on any atom is -0.272 e. The normalized spacial score (nSPS) is 11.0. The van der Waals surface area contributed by atoms with Gasteiger partial charge in [0.15, 0.2) is 0 Å². The Morgan fingerprint density at radius 1 is 1.00 bits per heavy atom. The van der Waals surface area contributed by atoms with Gasteiger partial charge in [-0.15, -0.1) is 0 Å². The largest absolute Gasteiger partial charge is 0.277 e. The smallest absolute Gasteiger partial charge is 0.272 e. The number of aryl methyl sites for hydroxylation is 2. The summed E-state index contributed by atoms with van der Waals surface area (Å²) in [5.74, 6) is 0.295. The van der Waals surface area contributed by atoms with Crippen LogP contribution in [-0.4, -0.2) is 25.5 Å². The Balaban J connectivity index is 1.82. The maximum atomic E-state index is 13.3. The summed E-state index contributed by atoms with van der Waals surface area (Å²) in [5, 5.41) is 2.95. The van der Waals surface area contributed by atoms with E-state index in [1.54, 1.807) is 26.0 Å². The lowest BCUT2D eigenvalue weighted by Crippen LogP contribution is -2.31. The highest BCUT2D eigenvalue weighted by atomic mass is 16.2. The average molecular weight is 387 g/mol. The van der Waals surface area contributed by atoms with Gasteiger partial charge in [0.1, 0.15) is 0 Å². The molecule has 7 heteroatoms. The van der Waals surface area contributed by atoms with Crippen molar-refractivity contribution < 1.29 is 4.79 Å². The number of aromatic amines is 1. The number of hydrogen-bond donors (Lipinski definition) is 1. The third-order valence-electron chi connectivity index (χ3n) is 4.93. The predicted molar refractivity (Wildman–Crippen MR) is 111 cm³/mol. The van der Waals surface area contributed by atoms with Gasteiger partial charge < -0.3 is 0 Å². The van der Waals surface area contributed by atoms with E-state index in [1.165, 1.54) is 9.42 Å². The van der Waals surface area contributed by atoms with Crippen LogP contribution in [0.3, 0.4) is 0 Å². The quantitative estimate of drug-likeness (QED) is 0.583. The lowest BCUT2D eigenvalue weighted by molar-refractivity contribution is 0.0983. The molecule has 7 nitrogen and oxygen atoms in total. The Bertz CT molecular complexity index is 1240. The van der Waals surface area contributed by atoms with Gasteiger partial charge in [-0.2, -0.15) is 9.50 Å². The Labute approximate surface area is 167 Å². The third-order valence-corrected chi connectivity index (χ3v) is 4.93. The summed E-state index contributed by atoms with van der Waals surface area (Å²) < 4.78 is 1.28. The van der Waals surface area contributed by atoms with Crippen molar-refractivity contribution in [2.45, 2.75) is 27.3 Å². The molecule has 0 aliphatic heterocycles. The molecule has 0 aliphatic carbocycles. The SMILES string of the molecule is Cc1ccc(CN(C(=O)c2ccccc2)c2nc3nc(C)c(C)c(=O)n3[nH]2)cc1. The molecule has 2 aromatic carbocycles. The van der Waals surface area contributed by atoms with E-state index >= 15 is 0 Å². The molecule has 0 saturated heterocycles. The fraction of sp³-hybridized carbons (Fsp3) is 0.182. The van der Waals surface area contributed by atoms with Gasteiger partial charge in [0.25, 0.3) is 17.2 Å². The summed E-state index contributed by atoms with van der Waals surface area (Å²) >= 11 is 0. The zero-order valence-electron chi connectivity index (χ0n) is 16.5. The van der Waals surface area contributed by atoms with Gasteiger partial charge in [-0.25, -0.2) is 4.98 Å². The van der Waals surface area contributed by atoms with E-state index in [2.05, 4.69) is 15.1 Å². The zero-order valence-corrected chi connectivity index (χ0v) is 16.5. The fourth-order valence-corrected chi connectivity index (χ4v) is 3.07. The van der Waals surface area contributed by atoms with Crippen LogP contribution < -0.4 is 10.5 Å². The molecule has 1 N–H and O–H groups in total. The molecule has 146 valence electrons. The lowest BCUT2D eigenvalue weighted by Gasteiger charge is -2.20. The number of amides is 1. The van der Waals surface area contributed by atoms with Crippen molar-refractivity contribution in [3.05, 3.63) is 92.9 Å². The van der Waals surface area contributed by atoms with Crippen molar-refractivity contribution in [3.63, 3.8) is 0 Å². The number of nitrogens with zero attached hydrogens (tertiary/aromatic N) is 4.